The summed E-state index contributed by atoms with van der Waals surface area (Å²) in [5, 5.41) is 2.54. The molecule has 166 valence electrons. The van der Waals surface area contributed by atoms with Gasteiger partial charge in [0.05, 0.1) is 4.90 Å². The van der Waals surface area contributed by atoms with E-state index < -0.39 is 26.6 Å². The predicted octanol–water partition coefficient (Wildman–Crippen LogP) is 2.18. The number of amides is 2. The molecule has 0 unspecified atom stereocenters. The number of nitrogens with one attached hydrogen (secondary N) is 2. The van der Waals surface area contributed by atoms with E-state index in [9.17, 15) is 26.8 Å². The van der Waals surface area contributed by atoms with Gasteiger partial charge in [-0.05, 0) is 48.7 Å². The highest BCUT2D eigenvalue weighted by molar-refractivity contribution is 7.89. The van der Waals surface area contributed by atoms with E-state index in [1.165, 1.54) is 0 Å². The number of hydrogen-bond donors (Lipinski definition) is 2. The van der Waals surface area contributed by atoms with Crippen LogP contribution in [0.3, 0.4) is 0 Å². The van der Waals surface area contributed by atoms with Gasteiger partial charge < -0.3 is 10.2 Å². The Hall–Kier alpha value is -2.85. The number of carbonyl (C=O) groups is 2. The fraction of sp³-hybridized carbons (Fsp3) is 0.333. The highest BCUT2D eigenvalue weighted by atomic mass is 32.2. The van der Waals surface area contributed by atoms with Crippen LogP contribution in [0.1, 0.15) is 35.2 Å². The second-order valence-corrected chi connectivity index (χ2v) is 9.02. The Labute approximate surface area is 179 Å². The maximum Gasteiger partial charge on any atom is 0.251 e. The maximum absolute atomic E-state index is 13.3. The molecule has 0 heterocycles. The van der Waals surface area contributed by atoms with E-state index in [2.05, 4.69) is 10.0 Å². The minimum Gasteiger partial charge on any atom is -0.355 e. The van der Waals surface area contributed by atoms with Crippen molar-refractivity contribution in [2.45, 2.75) is 36.7 Å². The first-order valence-electron chi connectivity index (χ1n) is 9.76. The molecule has 2 aromatic rings. The van der Waals surface area contributed by atoms with Crippen molar-refractivity contribution in [1.29, 1.82) is 0 Å². The van der Waals surface area contributed by atoms with Crippen LogP contribution in [0.2, 0.25) is 0 Å². The van der Waals surface area contributed by atoms with Crippen molar-refractivity contribution >= 4 is 21.8 Å². The molecule has 10 heteroatoms. The largest absolute Gasteiger partial charge is 0.355 e. The number of rotatable bonds is 9. The first kappa shape index (κ1) is 22.8. The lowest BCUT2D eigenvalue weighted by Gasteiger charge is -2.23. The number of benzene rings is 2. The van der Waals surface area contributed by atoms with Gasteiger partial charge in [-0.1, -0.05) is 12.1 Å². The Balaban J connectivity index is 1.58. The molecule has 2 N–H and O–H groups in total. The van der Waals surface area contributed by atoms with Gasteiger partial charge in [0.15, 0.2) is 11.6 Å². The van der Waals surface area contributed by atoms with Gasteiger partial charge >= 0.3 is 0 Å². The van der Waals surface area contributed by atoms with E-state index in [-0.39, 0.29) is 30.8 Å². The van der Waals surface area contributed by atoms with Crippen LogP contribution in [0.5, 0.6) is 0 Å². The molecule has 0 radical (unpaired) electrons. The van der Waals surface area contributed by atoms with Crippen LogP contribution in [0.25, 0.3) is 0 Å². The third-order valence-electron chi connectivity index (χ3n) is 4.94. The fourth-order valence-electron chi connectivity index (χ4n) is 3.07. The Morgan fingerprint density at radius 1 is 1.06 bits per heavy atom. The van der Waals surface area contributed by atoms with Crippen molar-refractivity contribution < 1.29 is 26.8 Å². The van der Waals surface area contributed by atoms with Crippen LogP contribution in [-0.4, -0.2) is 44.8 Å². The quantitative estimate of drug-likeness (QED) is 0.611. The third kappa shape index (κ3) is 5.86. The number of halogens is 2. The van der Waals surface area contributed by atoms with E-state index in [0.29, 0.717) is 18.2 Å². The van der Waals surface area contributed by atoms with Crippen LogP contribution < -0.4 is 10.0 Å². The van der Waals surface area contributed by atoms with E-state index >= 15 is 0 Å². The lowest BCUT2D eigenvalue weighted by molar-refractivity contribution is -0.132. The van der Waals surface area contributed by atoms with Crippen molar-refractivity contribution in [1.82, 2.24) is 14.9 Å². The van der Waals surface area contributed by atoms with Crippen LogP contribution in [0.15, 0.2) is 47.4 Å². The lowest BCUT2D eigenvalue weighted by atomic mass is 10.1. The van der Waals surface area contributed by atoms with Crippen molar-refractivity contribution in [2.24, 2.45) is 0 Å². The minimum atomic E-state index is -4.07. The highest BCUT2D eigenvalue weighted by Crippen LogP contribution is 2.29. The summed E-state index contributed by atoms with van der Waals surface area (Å²) >= 11 is 0. The zero-order valence-corrected chi connectivity index (χ0v) is 17.7. The molecule has 0 aromatic heterocycles. The van der Waals surface area contributed by atoms with Gasteiger partial charge in [-0.25, -0.2) is 21.9 Å². The fourth-order valence-corrected chi connectivity index (χ4v) is 4.12. The molecule has 7 nitrogen and oxygen atoms in total. The topological polar surface area (TPSA) is 95.6 Å². The second-order valence-electron chi connectivity index (χ2n) is 7.25. The maximum atomic E-state index is 13.3. The smallest absolute Gasteiger partial charge is 0.251 e. The SMILES string of the molecule is CNC(=O)c1ccc(CN(C(=O)CCNS(=O)(=O)c2ccc(F)c(F)c2)C2CC2)cc1. The predicted molar refractivity (Wildman–Crippen MR) is 110 cm³/mol. The molecule has 31 heavy (non-hydrogen) atoms. The standard InChI is InChI=1S/C21H23F2N3O4S/c1-24-21(28)15-4-2-14(3-5-15)13-26(16-6-7-16)20(27)10-11-25-31(29,30)17-8-9-18(22)19(23)12-17/h2-5,8-9,12,16,25H,6-7,10-11,13H2,1H3,(H,24,28). The van der Waals surface area contributed by atoms with Crippen molar-refractivity contribution in [3.63, 3.8) is 0 Å². The molecule has 3 rings (SSSR count). The summed E-state index contributed by atoms with van der Waals surface area (Å²) in [7, 11) is -2.52. The van der Waals surface area contributed by atoms with Gasteiger partial charge in [-0.15, -0.1) is 0 Å². The molecule has 1 aliphatic rings. The van der Waals surface area contributed by atoms with E-state index in [1.54, 1.807) is 36.2 Å². The van der Waals surface area contributed by atoms with Crippen LogP contribution in [-0.2, 0) is 21.4 Å². The molecule has 1 saturated carbocycles. The number of nitrogens with zero attached hydrogens (tertiary/aromatic N) is 1. The molecule has 1 aliphatic carbocycles. The van der Waals surface area contributed by atoms with E-state index in [4.69, 9.17) is 0 Å². The van der Waals surface area contributed by atoms with Crippen LogP contribution >= 0.6 is 0 Å². The monoisotopic (exact) mass is 451 g/mol. The third-order valence-corrected chi connectivity index (χ3v) is 6.40. The lowest BCUT2D eigenvalue weighted by Crippen LogP contribution is -2.35. The second kappa shape index (κ2) is 9.52. The molecular weight excluding hydrogens is 428 g/mol. The average Bonchev–Trinajstić information content (AvgIpc) is 3.58. The zero-order chi connectivity index (χ0) is 22.6. The minimum absolute atomic E-state index is 0.0737. The first-order chi connectivity index (χ1) is 14.7. The van der Waals surface area contributed by atoms with E-state index in [0.717, 1.165) is 30.5 Å². The molecule has 2 amide bonds. The van der Waals surface area contributed by atoms with Crippen LogP contribution in [0.4, 0.5) is 8.78 Å². The molecule has 0 spiro atoms. The van der Waals surface area contributed by atoms with Crippen molar-refractivity contribution in [2.75, 3.05) is 13.6 Å². The molecule has 1 fully saturated rings. The van der Waals surface area contributed by atoms with E-state index in [1.807, 2.05) is 0 Å². The highest BCUT2D eigenvalue weighted by Gasteiger charge is 2.32. The zero-order valence-electron chi connectivity index (χ0n) is 16.9. The molecule has 0 bridgehead atoms. The van der Waals surface area contributed by atoms with Gasteiger partial charge in [-0.3, -0.25) is 9.59 Å². The first-order valence-corrected chi connectivity index (χ1v) is 11.2. The number of sulfonamides is 1. The molecule has 0 saturated heterocycles. The Kier molecular flexibility index (Phi) is 7.01. The normalized spacial score (nSPS) is 13.6. The van der Waals surface area contributed by atoms with Crippen molar-refractivity contribution in [3.05, 3.63) is 65.2 Å². The summed E-state index contributed by atoms with van der Waals surface area (Å²) in [5.74, 6) is -2.82. The summed E-state index contributed by atoms with van der Waals surface area (Å²) < 4.78 is 53.0. The summed E-state index contributed by atoms with van der Waals surface area (Å²) in [4.78, 5) is 25.6. The summed E-state index contributed by atoms with van der Waals surface area (Å²) in [6.07, 6.45) is 1.68. The Morgan fingerprint density at radius 2 is 1.74 bits per heavy atom. The summed E-state index contributed by atoms with van der Waals surface area (Å²) in [6, 6.07) is 9.31. The number of carbonyl (C=O) groups excluding carboxylic acids is 2. The Bertz CT molecular complexity index is 1070. The molecule has 2 aromatic carbocycles. The average molecular weight is 451 g/mol. The van der Waals surface area contributed by atoms with Crippen LogP contribution in [0, 0.1) is 11.6 Å². The number of hydrogen-bond acceptors (Lipinski definition) is 4. The van der Waals surface area contributed by atoms with Gasteiger partial charge in [-0.2, -0.15) is 0 Å². The molecular formula is C21H23F2N3O4S. The summed E-state index contributed by atoms with van der Waals surface area (Å²) in [5.41, 5.74) is 1.37. The van der Waals surface area contributed by atoms with Gasteiger partial charge in [0.25, 0.3) is 5.91 Å². The molecule has 0 aliphatic heterocycles. The van der Waals surface area contributed by atoms with Gasteiger partial charge in [0, 0.05) is 38.2 Å². The summed E-state index contributed by atoms with van der Waals surface area (Å²) in [6.45, 7) is 0.187. The van der Waals surface area contributed by atoms with Gasteiger partial charge in [0.1, 0.15) is 0 Å². The molecule has 0 atom stereocenters. The Morgan fingerprint density at radius 3 is 2.32 bits per heavy atom. The van der Waals surface area contributed by atoms with Crippen molar-refractivity contribution in [3.8, 4) is 0 Å². The van der Waals surface area contributed by atoms with Gasteiger partial charge in [0.2, 0.25) is 15.9 Å².